The zero-order valence-electron chi connectivity index (χ0n) is 18.0. The minimum Gasteiger partial charge on any atom is -0.457 e. The summed E-state index contributed by atoms with van der Waals surface area (Å²) in [4.78, 5) is 29.4. The number of nitrogens with zero attached hydrogens (tertiary/aromatic N) is 3. The number of aromatic nitrogens is 3. The molecule has 0 radical (unpaired) electrons. The molecule has 0 bridgehead atoms. The summed E-state index contributed by atoms with van der Waals surface area (Å²) in [6.07, 6.45) is 6.29. The minimum absolute atomic E-state index is 0.0218. The van der Waals surface area contributed by atoms with Gasteiger partial charge in [-0.15, -0.1) is 0 Å². The van der Waals surface area contributed by atoms with E-state index in [0.29, 0.717) is 22.5 Å². The van der Waals surface area contributed by atoms with Gasteiger partial charge < -0.3 is 9.15 Å². The van der Waals surface area contributed by atoms with Crippen LogP contribution in [0.2, 0.25) is 0 Å². The van der Waals surface area contributed by atoms with E-state index in [4.69, 9.17) is 9.15 Å². The zero-order chi connectivity index (χ0) is 22.2. The number of hydrogen-bond donors (Lipinski definition) is 0. The van der Waals surface area contributed by atoms with Crippen molar-refractivity contribution in [2.75, 3.05) is 0 Å². The molecular formula is C25H23N3O4. The summed E-state index contributed by atoms with van der Waals surface area (Å²) in [6.45, 7) is 3.96. The lowest BCUT2D eigenvalue weighted by atomic mass is 10.0. The maximum absolute atomic E-state index is 13.0. The molecule has 0 fully saturated rings. The number of carbonyl (C=O) groups excluding carboxylic acids is 1. The number of hydrogen-bond acceptors (Lipinski definition) is 6. The van der Waals surface area contributed by atoms with Crippen molar-refractivity contribution < 1.29 is 13.9 Å². The van der Waals surface area contributed by atoms with Crippen molar-refractivity contribution in [2.45, 2.75) is 45.6 Å². The fourth-order valence-corrected chi connectivity index (χ4v) is 4.37. The van der Waals surface area contributed by atoms with Crippen LogP contribution in [0.5, 0.6) is 0 Å². The molecule has 1 aliphatic rings. The number of aryl methyl sites for hydroxylation is 2. The highest BCUT2D eigenvalue weighted by Crippen LogP contribution is 2.29. The van der Waals surface area contributed by atoms with E-state index >= 15 is 0 Å². The maximum atomic E-state index is 13.0. The second-order valence-electron chi connectivity index (χ2n) is 8.34. The Morgan fingerprint density at radius 2 is 2.00 bits per heavy atom. The molecule has 162 valence electrons. The van der Waals surface area contributed by atoms with Crippen LogP contribution in [0.25, 0.3) is 16.8 Å². The molecule has 0 unspecified atom stereocenters. The quantitative estimate of drug-likeness (QED) is 0.346. The molecule has 4 aromatic rings. The van der Waals surface area contributed by atoms with Gasteiger partial charge in [0.1, 0.15) is 17.8 Å². The van der Waals surface area contributed by atoms with Crippen LogP contribution >= 0.6 is 0 Å². The summed E-state index contributed by atoms with van der Waals surface area (Å²) in [7, 11) is 0. The molecule has 0 N–H and O–H groups in total. The second kappa shape index (κ2) is 8.07. The molecule has 0 atom stereocenters. The largest absolute Gasteiger partial charge is 0.457 e. The molecular weight excluding hydrogens is 406 g/mol. The SMILES string of the molecule is CC(C)c1c(C(=O)OCc2cc(=O)oc3cc4c(cc23)CCC4)cnn1-c1ccccn1. The van der Waals surface area contributed by atoms with Crippen LogP contribution in [0.1, 0.15) is 58.9 Å². The number of esters is 1. The third-order valence-corrected chi connectivity index (χ3v) is 5.84. The van der Waals surface area contributed by atoms with E-state index < -0.39 is 11.6 Å². The first kappa shape index (κ1) is 20.2. The second-order valence-corrected chi connectivity index (χ2v) is 8.34. The van der Waals surface area contributed by atoms with Crippen LogP contribution in [0.3, 0.4) is 0 Å². The molecule has 1 aliphatic carbocycles. The molecule has 7 heteroatoms. The molecule has 0 saturated carbocycles. The van der Waals surface area contributed by atoms with E-state index in [1.54, 1.807) is 10.9 Å². The van der Waals surface area contributed by atoms with Crippen molar-refractivity contribution in [3.63, 3.8) is 0 Å². The van der Waals surface area contributed by atoms with Crippen molar-refractivity contribution in [2.24, 2.45) is 0 Å². The zero-order valence-corrected chi connectivity index (χ0v) is 18.0. The molecule has 32 heavy (non-hydrogen) atoms. The van der Waals surface area contributed by atoms with Crippen LogP contribution in [0.4, 0.5) is 0 Å². The third kappa shape index (κ3) is 3.60. The number of rotatable bonds is 5. The van der Waals surface area contributed by atoms with Gasteiger partial charge in [0, 0.05) is 23.2 Å². The van der Waals surface area contributed by atoms with Crippen molar-refractivity contribution in [3.05, 3.63) is 87.2 Å². The van der Waals surface area contributed by atoms with Gasteiger partial charge in [-0.25, -0.2) is 19.3 Å². The molecule has 0 amide bonds. The fourth-order valence-electron chi connectivity index (χ4n) is 4.37. The Hall–Kier alpha value is -3.74. The molecule has 1 aromatic carbocycles. The van der Waals surface area contributed by atoms with Gasteiger partial charge in [0.2, 0.25) is 0 Å². The van der Waals surface area contributed by atoms with E-state index in [0.717, 1.165) is 30.3 Å². The normalized spacial score (nSPS) is 13.0. The van der Waals surface area contributed by atoms with Gasteiger partial charge >= 0.3 is 11.6 Å². The molecule has 7 nitrogen and oxygen atoms in total. The fraction of sp³-hybridized carbons (Fsp3) is 0.280. The molecule has 0 saturated heterocycles. The predicted molar refractivity (Wildman–Crippen MR) is 119 cm³/mol. The summed E-state index contributed by atoms with van der Waals surface area (Å²) in [5, 5.41) is 5.19. The van der Waals surface area contributed by atoms with Gasteiger partial charge in [-0.2, -0.15) is 5.10 Å². The standard InChI is InChI=1S/C25H23N3O4/c1-15(2)24-20(13-27-28(24)22-8-3-4-9-26-22)25(30)31-14-18-12-23(29)32-21-11-17-7-5-6-16(17)10-19(18)21/h3-4,8-13,15H,5-7,14H2,1-2H3. The lowest BCUT2D eigenvalue weighted by Gasteiger charge is -2.12. The first-order valence-electron chi connectivity index (χ1n) is 10.8. The lowest BCUT2D eigenvalue weighted by Crippen LogP contribution is -2.12. The topological polar surface area (TPSA) is 87.2 Å². The van der Waals surface area contributed by atoms with Crippen molar-refractivity contribution >= 4 is 16.9 Å². The van der Waals surface area contributed by atoms with E-state index in [2.05, 4.69) is 16.1 Å². The van der Waals surface area contributed by atoms with Crippen LogP contribution in [0, 0.1) is 0 Å². The van der Waals surface area contributed by atoms with Gasteiger partial charge in [0.05, 0.1) is 11.9 Å². The van der Waals surface area contributed by atoms with E-state index in [-0.39, 0.29) is 12.5 Å². The van der Waals surface area contributed by atoms with Crippen LogP contribution in [-0.4, -0.2) is 20.7 Å². The number of carbonyl (C=O) groups is 1. The number of ether oxygens (including phenoxy) is 1. The first-order valence-corrected chi connectivity index (χ1v) is 10.8. The van der Waals surface area contributed by atoms with Crippen molar-refractivity contribution in [3.8, 4) is 5.82 Å². The summed E-state index contributed by atoms with van der Waals surface area (Å²) in [5.41, 5.74) is 4.32. The van der Waals surface area contributed by atoms with Crippen LogP contribution in [0.15, 0.2) is 58.0 Å². The predicted octanol–water partition coefficient (Wildman–Crippen LogP) is 4.34. The van der Waals surface area contributed by atoms with E-state index in [1.807, 2.05) is 38.1 Å². The van der Waals surface area contributed by atoms with Gasteiger partial charge in [-0.05, 0) is 60.6 Å². The van der Waals surface area contributed by atoms with Gasteiger partial charge in [0.15, 0.2) is 5.82 Å². The lowest BCUT2D eigenvalue weighted by molar-refractivity contribution is 0.0472. The maximum Gasteiger partial charge on any atom is 0.341 e. The average Bonchev–Trinajstić information content (AvgIpc) is 3.43. The summed E-state index contributed by atoms with van der Waals surface area (Å²) in [6, 6.07) is 10.9. The summed E-state index contributed by atoms with van der Waals surface area (Å²) < 4.78 is 12.7. The molecule has 0 spiro atoms. The number of fused-ring (bicyclic) bond motifs is 2. The summed E-state index contributed by atoms with van der Waals surface area (Å²) >= 11 is 0. The Kier molecular flexibility index (Phi) is 5.09. The molecule has 0 aliphatic heterocycles. The van der Waals surface area contributed by atoms with Crippen molar-refractivity contribution in [1.82, 2.24) is 14.8 Å². The number of benzene rings is 1. The monoisotopic (exact) mass is 429 g/mol. The van der Waals surface area contributed by atoms with E-state index in [9.17, 15) is 9.59 Å². The van der Waals surface area contributed by atoms with Crippen LogP contribution in [-0.2, 0) is 24.2 Å². The van der Waals surface area contributed by atoms with Crippen molar-refractivity contribution in [1.29, 1.82) is 0 Å². The number of pyridine rings is 1. The first-order chi connectivity index (χ1) is 15.5. The van der Waals surface area contributed by atoms with Gasteiger partial charge in [-0.3, -0.25) is 0 Å². The van der Waals surface area contributed by atoms with Gasteiger partial charge in [0.25, 0.3) is 0 Å². The Morgan fingerprint density at radius 3 is 2.75 bits per heavy atom. The van der Waals surface area contributed by atoms with Gasteiger partial charge in [-0.1, -0.05) is 19.9 Å². The Morgan fingerprint density at radius 1 is 1.19 bits per heavy atom. The minimum atomic E-state index is -0.488. The Labute approximate surface area is 184 Å². The average molecular weight is 429 g/mol. The summed E-state index contributed by atoms with van der Waals surface area (Å²) in [5.74, 6) is 0.170. The van der Waals surface area contributed by atoms with E-state index in [1.165, 1.54) is 23.4 Å². The molecule has 5 rings (SSSR count). The molecule has 3 aromatic heterocycles. The van der Waals surface area contributed by atoms with Crippen LogP contribution < -0.4 is 5.63 Å². The highest BCUT2D eigenvalue weighted by atomic mass is 16.5. The highest BCUT2D eigenvalue weighted by Gasteiger charge is 2.23. The smallest absolute Gasteiger partial charge is 0.341 e. The molecule has 3 heterocycles. The highest BCUT2D eigenvalue weighted by molar-refractivity contribution is 5.91. The Bertz CT molecular complexity index is 1370. The third-order valence-electron chi connectivity index (χ3n) is 5.84. The Balaban J connectivity index is 1.45.